The Morgan fingerprint density at radius 3 is 2.71 bits per heavy atom. The van der Waals surface area contributed by atoms with E-state index in [1.807, 2.05) is 12.1 Å². The lowest BCUT2D eigenvalue weighted by molar-refractivity contribution is 0.146. The molecule has 0 radical (unpaired) electrons. The first kappa shape index (κ1) is 9.53. The number of para-hydroxylation sites is 1. The molecule has 0 atom stereocenters. The Morgan fingerprint density at radius 1 is 1.21 bits per heavy atom. The fourth-order valence-electron chi connectivity index (χ4n) is 1.58. The lowest BCUT2D eigenvalue weighted by atomic mass is 10.1. The molecule has 1 fully saturated rings. The number of hydrogen-bond acceptors (Lipinski definition) is 2. The predicted octanol–water partition coefficient (Wildman–Crippen LogP) is 2.59. The lowest BCUT2D eigenvalue weighted by Gasteiger charge is -2.09. The summed E-state index contributed by atoms with van der Waals surface area (Å²) in [7, 11) is 1.69. The molecule has 1 aromatic carbocycles. The van der Waals surface area contributed by atoms with E-state index in [1.54, 1.807) is 7.11 Å². The van der Waals surface area contributed by atoms with Gasteiger partial charge in [-0.05, 0) is 30.4 Å². The van der Waals surface area contributed by atoms with Crippen LogP contribution in [0.15, 0.2) is 24.3 Å². The average Bonchev–Trinajstić information content (AvgIpc) is 3.03. The molecule has 0 aromatic heterocycles. The molecule has 0 bridgehead atoms. The van der Waals surface area contributed by atoms with Crippen LogP contribution in [0, 0.1) is 0 Å². The molecular weight excluding hydrogens is 176 g/mol. The maximum absolute atomic E-state index is 5.65. The molecule has 1 saturated carbocycles. The van der Waals surface area contributed by atoms with E-state index in [-0.39, 0.29) is 0 Å². The fraction of sp³-hybridized carbons (Fsp3) is 0.500. The molecule has 0 N–H and O–H groups in total. The first-order valence-corrected chi connectivity index (χ1v) is 5.12. The Balaban J connectivity index is 2.00. The molecule has 2 heteroatoms. The van der Waals surface area contributed by atoms with Gasteiger partial charge in [-0.25, -0.2) is 0 Å². The van der Waals surface area contributed by atoms with E-state index in [1.165, 1.54) is 18.4 Å². The Morgan fingerprint density at radius 2 is 2.00 bits per heavy atom. The van der Waals surface area contributed by atoms with Gasteiger partial charge in [0, 0.05) is 7.11 Å². The molecule has 0 heterocycles. The summed E-state index contributed by atoms with van der Waals surface area (Å²) in [4.78, 5) is 0. The van der Waals surface area contributed by atoms with Crippen LogP contribution in [-0.4, -0.2) is 20.3 Å². The van der Waals surface area contributed by atoms with Gasteiger partial charge in [-0.15, -0.1) is 0 Å². The Kier molecular flexibility index (Phi) is 3.04. The van der Waals surface area contributed by atoms with E-state index in [0.29, 0.717) is 13.2 Å². The highest BCUT2D eigenvalue weighted by Gasteiger charge is 2.26. The second-order valence-corrected chi connectivity index (χ2v) is 3.65. The monoisotopic (exact) mass is 192 g/mol. The van der Waals surface area contributed by atoms with Gasteiger partial charge in [0.1, 0.15) is 12.4 Å². The van der Waals surface area contributed by atoms with Crippen LogP contribution < -0.4 is 4.74 Å². The summed E-state index contributed by atoms with van der Waals surface area (Å²) in [5.41, 5.74) is 1.36. The van der Waals surface area contributed by atoms with Gasteiger partial charge in [0.2, 0.25) is 0 Å². The Labute approximate surface area is 84.8 Å². The zero-order chi connectivity index (χ0) is 9.80. The first-order chi connectivity index (χ1) is 6.92. The van der Waals surface area contributed by atoms with Crippen molar-refractivity contribution in [1.29, 1.82) is 0 Å². The van der Waals surface area contributed by atoms with E-state index in [9.17, 15) is 0 Å². The van der Waals surface area contributed by atoms with Crippen molar-refractivity contribution in [2.24, 2.45) is 0 Å². The zero-order valence-electron chi connectivity index (χ0n) is 8.53. The molecule has 2 nitrogen and oxygen atoms in total. The maximum Gasteiger partial charge on any atom is 0.122 e. The third kappa shape index (κ3) is 2.26. The summed E-state index contributed by atoms with van der Waals surface area (Å²) >= 11 is 0. The Hall–Kier alpha value is -1.02. The van der Waals surface area contributed by atoms with Gasteiger partial charge in [0.25, 0.3) is 0 Å². The highest BCUT2D eigenvalue weighted by molar-refractivity contribution is 5.38. The normalized spacial score (nSPS) is 15.5. The topological polar surface area (TPSA) is 18.5 Å². The van der Waals surface area contributed by atoms with Crippen LogP contribution in [-0.2, 0) is 4.74 Å². The van der Waals surface area contributed by atoms with Gasteiger partial charge in [-0.1, -0.05) is 18.2 Å². The van der Waals surface area contributed by atoms with Gasteiger partial charge < -0.3 is 9.47 Å². The molecule has 0 saturated heterocycles. The van der Waals surface area contributed by atoms with Gasteiger partial charge >= 0.3 is 0 Å². The molecule has 1 aliphatic rings. The summed E-state index contributed by atoms with van der Waals surface area (Å²) < 4.78 is 10.6. The van der Waals surface area contributed by atoms with Crippen molar-refractivity contribution in [2.75, 3.05) is 20.3 Å². The second-order valence-electron chi connectivity index (χ2n) is 3.65. The molecule has 1 aliphatic carbocycles. The fourth-order valence-corrected chi connectivity index (χ4v) is 1.58. The van der Waals surface area contributed by atoms with Gasteiger partial charge in [0.05, 0.1) is 6.61 Å². The largest absolute Gasteiger partial charge is 0.491 e. The van der Waals surface area contributed by atoms with E-state index in [4.69, 9.17) is 9.47 Å². The van der Waals surface area contributed by atoms with Gasteiger partial charge in [-0.2, -0.15) is 0 Å². The van der Waals surface area contributed by atoms with Crippen molar-refractivity contribution in [3.05, 3.63) is 29.8 Å². The number of benzene rings is 1. The lowest BCUT2D eigenvalue weighted by Crippen LogP contribution is -2.05. The second kappa shape index (κ2) is 4.47. The summed E-state index contributed by atoms with van der Waals surface area (Å²) in [5.74, 6) is 1.78. The van der Waals surface area contributed by atoms with Crippen molar-refractivity contribution in [3.63, 3.8) is 0 Å². The van der Waals surface area contributed by atoms with Crippen LogP contribution >= 0.6 is 0 Å². The summed E-state index contributed by atoms with van der Waals surface area (Å²) in [6.45, 7) is 1.29. The highest BCUT2D eigenvalue weighted by Crippen LogP contribution is 2.44. The molecule has 0 spiro atoms. The smallest absolute Gasteiger partial charge is 0.122 e. The molecule has 0 aliphatic heterocycles. The van der Waals surface area contributed by atoms with Crippen LogP contribution in [0.3, 0.4) is 0 Å². The van der Waals surface area contributed by atoms with Crippen molar-refractivity contribution in [3.8, 4) is 5.75 Å². The Bertz CT molecular complexity index is 292. The minimum Gasteiger partial charge on any atom is -0.491 e. The SMILES string of the molecule is COCCOc1ccccc1C1CC1. The third-order valence-corrected chi connectivity index (χ3v) is 2.48. The van der Waals surface area contributed by atoms with Crippen molar-refractivity contribution in [2.45, 2.75) is 18.8 Å². The number of rotatable bonds is 5. The van der Waals surface area contributed by atoms with Crippen LogP contribution in [0.1, 0.15) is 24.3 Å². The van der Waals surface area contributed by atoms with Crippen molar-refractivity contribution < 1.29 is 9.47 Å². The summed E-state index contributed by atoms with van der Waals surface area (Å²) in [6, 6.07) is 8.31. The highest BCUT2D eigenvalue weighted by atomic mass is 16.5. The number of methoxy groups -OCH3 is 1. The van der Waals surface area contributed by atoms with Crippen LogP contribution in [0.4, 0.5) is 0 Å². The molecule has 76 valence electrons. The predicted molar refractivity (Wildman–Crippen MR) is 55.8 cm³/mol. The minimum absolute atomic E-state index is 0.639. The average molecular weight is 192 g/mol. The maximum atomic E-state index is 5.65. The van der Waals surface area contributed by atoms with Crippen molar-refractivity contribution in [1.82, 2.24) is 0 Å². The molecule has 14 heavy (non-hydrogen) atoms. The van der Waals surface area contributed by atoms with Gasteiger partial charge in [-0.3, -0.25) is 0 Å². The standard InChI is InChI=1S/C12H16O2/c1-13-8-9-14-12-5-3-2-4-11(12)10-6-7-10/h2-5,10H,6-9H2,1H3. The molecular formula is C12H16O2. The van der Waals surface area contributed by atoms with Crippen LogP contribution in [0.2, 0.25) is 0 Å². The van der Waals surface area contributed by atoms with Crippen molar-refractivity contribution >= 4 is 0 Å². The van der Waals surface area contributed by atoms with Crippen LogP contribution in [0.5, 0.6) is 5.75 Å². The third-order valence-electron chi connectivity index (χ3n) is 2.48. The molecule has 0 amide bonds. The number of ether oxygens (including phenoxy) is 2. The van der Waals surface area contributed by atoms with E-state index in [0.717, 1.165) is 11.7 Å². The van der Waals surface area contributed by atoms with E-state index >= 15 is 0 Å². The first-order valence-electron chi connectivity index (χ1n) is 5.12. The van der Waals surface area contributed by atoms with E-state index < -0.39 is 0 Å². The van der Waals surface area contributed by atoms with E-state index in [2.05, 4.69) is 12.1 Å². The van der Waals surface area contributed by atoms with Gasteiger partial charge in [0.15, 0.2) is 0 Å². The quantitative estimate of drug-likeness (QED) is 0.667. The molecule has 2 rings (SSSR count). The van der Waals surface area contributed by atoms with Crippen LogP contribution in [0.25, 0.3) is 0 Å². The number of hydrogen-bond donors (Lipinski definition) is 0. The molecule has 1 aromatic rings. The minimum atomic E-state index is 0.639. The molecule has 0 unspecified atom stereocenters. The summed E-state index contributed by atoms with van der Waals surface area (Å²) in [5, 5.41) is 0. The summed E-state index contributed by atoms with van der Waals surface area (Å²) in [6.07, 6.45) is 2.62. The zero-order valence-corrected chi connectivity index (χ0v) is 8.53.